The molecule has 2 atom stereocenters. The van der Waals surface area contributed by atoms with E-state index in [9.17, 15) is 4.39 Å². The number of benzene rings is 1. The van der Waals surface area contributed by atoms with Crippen LogP contribution in [-0.2, 0) is 0 Å². The van der Waals surface area contributed by atoms with E-state index in [1.165, 1.54) is 12.1 Å². The summed E-state index contributed by atoms with van der Waals surface area (Å²) in [5.41, 5.74) is 1.06. The highest BCUT2D eigenvalue weighted by atomic mass is 32.2. The molecule has 2 unspecified atom stereocenters. The maximum absolute atomic E-state index is 13.2. The molecule has 0 amide bonds. The average molecular weight is 255 g/mol. The van der Waals surface area contributed by atoms with Gasteiger partial charge in [-0.2, -0.15) is 11.8 Å². The standard InChI is InChI=1S/C13H18FNOS/c1-15-12-8-10(5-6-17-2)16-13-7-9(14)3-4-11(12)13/h3-4,7,10,12,15H,5-6,8H2,1-2H3. The summed E-state index contributed by atoms with van der Waals surface area (Å²) >= 11 is 1.81. The van der Waals surface area contributed by atoms with Crippen LogP contribution in [0, 0.1) is 5.82 Å². The van der Waals surface area contributed by atoms with Crippen molar-refractivity contribution in [3.05, 3.63) is 29.6 Å². The van der Waals surface area contributed by atoms with Crippen molar-refractivity contribution >= 4 is 11.8 Å². The highest BCUT2D eigenvalue weighted by Gasteiger charge is 2.27. The first-order valence-corrected chi connectivity index (χ1v) is 7.26. The van der Waals surface area contributed by atoms with E-state index >= 15 is 0 Å². The van der Waals surface area contributed by atoms with Crippen molar-refractivity contribution in [2.75, 3.05) is 19.1 Å². The third kappa shape index (κ3) is 2.93. The zero-order valence-corrected chi connectivity index (χ0v) is 11.0. The van der Waals surface area contributed by atoms with Crippen LogP contribution in [0.4, 0.5) is 4.39 Å². The van der Waals surface area contributed by atoms with Gasteiger partial charge < -0.3 is 10.1 Å². The van der Waals surface area contributed by atoms with Gasteiger partial charge in [-0.3, -0.25) is 0 Å². The van der Waals surface area contributed by atoms with Crippen molar-refractivity contribution in [3.8, 4) is 5.75 Å². The summed E-state index contributed by atoms with van der Waals surface area (Å²) in [7, 11) is 1.94. The van der Waals surface area contributed by atoms with Gasteiger partial charge in [-0.1, -0.05) is 6.07 Å². The molecule has 0 fully saturated rings. The highest BCUT2D eigenvalue weighted by Crippen LogP contribution is 2.36. The predicted molar refractivity (Wildman–Crippen MR) is 70.2 cm³/mol. The zero-order chi connectivity index (χ0) is 12.3. The Morgan fingerprint density at radius 2 is 2.35 bits per heavy atom. The van der Waals surface area contributed by atoms with Crippen molar-refractivity contribution in [3.63, 3.8) is 0 Å². The van der Waals surface area contributed by atoms with Gasteiger partial charge in [0.05, 0.1) is 0 Å². The molecular formula is C13H18FNOS. The average Bonchev–Trinajstić information content (AvgIpc) is 2.34. The maximum Gasteiger partial charge on any atom is 0.127 e. The van der Waals surface area contributed by atoms with Gasteiger partial charge in [0.1, 0.15) is 17.7 Å². The first-order chi connectivity index (χ1) is 8.24. The number of thioether (sulfide) groups is 1. The van der Waals surface area contributed by atoms with E-state index in [-0.39, 0.29) is 18.0 Å². The Morgan fingerprint density at radius 3 is 3.06 bits per heavy atom. The van der Waals surface area contributed by atoms with Gasteiger partial charge in [0.25, 0.3) is 0 Å². The molecule has 0 radical (unpaired) electrons. The SMILES string of the molecule is CNC1CC(CCSC)Oc2cc(F)ccc21. The molecule has 0 spiro atoms. The quantitative estimate of drug-likeness (QED) is 0.893. The fourth-order valence-electron chi connectivity index (χ4n) is 2.22. The van der Waals surface area contributed by atoms with E-state index in [4.69, 9.17) is 4.74 Å². The lowest BCUT2D eigenvalue weighted by molar-refractivity contribution is 0.148. The second-order valence-corrected chi connectivity index (χ2v) is 5.27. The molecule has 1 aromatic carbocycles. The molecule has 1 aliphatic heterocycles. The van der Waals surface area contributed by atoms with Crippen molar-refractivity contribution < 1.29 is 9.13 Å². The minimum Gasteiger partial charge on any atom is -0.490 e. The van der Waals surface area contributed by atoms with Crippen LogP contribution in [-0.4, -0.2) is 25.2 Å². The Labute approximate surface area is 106 Å². The molecule has 0 saturated heterocycles. The lowest BCUT2D eigenvalue weighted by Gasteiger charge is -2.32. The Kier molecular flexibility index (Phi) is 4.29. The molecule has 1 aliphatic rings. The second-order valence-electron chi connectivity index (χ2n) is 4.28. The van der Waals surface area contributed by atoms with Gasteiger partial charge in [-0.15, -0.1) is 0 Å². The summed E-state index contributed by atoms with van der Waals surface area (Å²) in [6.07, 6.45) is 4.24. The molecule has 0 bridgehead atoms. The fraction of sp³-hybridized carbons (Fsp3) is 0.538. The van der Waals surface area contributed by atoms with Gasteiger partial charge in [-0.25, -0.2) is 4.39 Å². The molecule has 1 N–H and O–H groups in total. The number of halogens is 1. The van der Waals surface area contributed by atoms with E-state index in [0.29, 0.717) is 5.75 Å². The lowest BCUT2D eigenvalue weighted by atomic mass is 9.95. The fourth-order valence-corrected chi connectivity index (χ4v) is 2.71. The smallest absolute Gasteiger partial charge is 0.127 e. The van der Waals surface area contributed by atoms with E-state index < -0.39 is 0 Å². The third-order valence-electron chi connectivity index (χ3n) is 3.14. The van der Waals surface area contributed by atoms with Crippen molar-refractivity contribution in [2.24, 2.45) is 0 Å². The van der Waals surface area contributed by atoms with Crippen LogP contribution in [0.3, 0.4) is 0 Å². The largest absolute Gasteiger partial charge is 0.490 e. The van der Waals surface area contributed by atoms with E-state index in [1.807, 2.05) is 24.9 Å². The van der Waals surface area contributed by atoms with Gasteiger partial charge in [0.15, 0.2) is 0 Å². The van der Waals surface area contributed by atoms with Gasteiger partial charge in [-0.05, 0) is 31.5 Å². The maximum atomic E-state index is 13.2. The highest BCUT2D eigenvalue weighted by molar-refractivity contribution is 7.98. The molecule has 0 saturated carbocycles. The van der Waals surface area contributed by atoms with E-state index in [0.717, 1.165) is 24.2 Å². The Hall–Kier alpha value is -0.740. The Balaban J connectivity index is 2.18. The molecule has 94 valence electrons. The number of hydrogen-bond donors (Lipinski definition) is 1. The first kappa shape index (κ1) is 12.7. The summed E-state index contributed by atoms with van der Waals surface area (Å²) < 4.78 is 19.1. The number of rotatable bonds is 4. The molecule has 0 aliphatic carbocycles. The summed E-state index contributed by atoms with van der Waals surface area (Å²) in [6.45, 7) is 0. The molecular weight excluding hydrogens is 237 g/mol. The normalized spacial score (nSPS) is 23.0. The lowest BCUT2D eigenvalue weighted by Crippen LogP contribution is -2.31. The molecule has 1 heterocycles. The number of ether oxygens (including phenoxy) is 1. The van der Waals surface area contributed by atoms with Crippen LogP contribution in [0.2, 0.25) is 0 Å². The van der Waals surface area contributed by atoms with Crippen LogP contribution < -0.4 is 10.1 Å². The molecule has 0 aromatic heterocycles. The number of fused-ring (bicyclic) bond motifs is 1. The molecule has 1 aromatic rings. The van der Waals surface area contributed by atoms with Crippen molar-refractivity contribution in [1.29, 1.82) is 0 Å². The first-order valence-electron chi connectivity index (χ1n) is 5.87. The third-order valence-corrected chi connectivity index (χ3v) is 3.78. The van der Waals surface area contributed by atoms with E-state index in [1.54, 1.807) is 0 Å². The monoisotopic (exact) mass is 255 g/mol. The second kappa shape index (κ2) is 5.74. The topological polar surface area (TPSA) is 21.3 Å². The summed E-state index contributed by atoms with van der Waals surface area (Å²) in [6, 6.07) is 5.07. The van der Waals surface area contributed by atoms with Crippen molar-refractivity contribution in [1.82, 2.24) is 5.32 Å². The van der Waals surface area contributed by atoms with Crippen molar-refractivity contribution in [2.45, 2.75) is 25.0 Å². The number of nitrogens with one attached hydrogen (secondary N) is 1. The molecule has 2 nitrogen and oxygen atoms in total. The predicted octanol–water partition coefficient (Wildman–Crippen LogP) is 2.99. The van der Waals surface area contributed by atoms with Gasteiger partial charge in [0.2, 0.25) is 0 Å². The van der Waals surface area contributed by atoms with Crippen LogP contribution in [0.5, 0.6) is 5.75 Å². The summed E-state index contributed by atoms with van der Waals surface area (Å²) in [5.74, 6) is 1.54. The van der Waals surface area contributed by atoms with Gasteiger partial charge >= 0.3 is 0 Å². The Bertz CT molecular complexity index is 386. The zero-order valence-electron chi connectivity index (χ0n) is 10.2. The summed E-state index contributed by atoms with van der Waals surface area (Å²) in [5, 5.41) is 3.28. The Morgan fingerprint density at radius 1 is 1.53 bits per heavy atom. The minimum absolute atomic E-state index is 0.189. The number of hydrogen-bond acceptors (Lipinski definition) is 3. The minimum atomic E-state index is -0.232. The molecule has 4 heteroatoms. The van der Waals surface area contributed by atoms with Gasteiger partial charge in [0, 0.05) is 24.1 Å². The van der Waals surface area contributed by atoms with Crippen LogP contribution in [0.15, 0.2) is 18.2 Å². The molecule has 17 heavy (non-hydrogen) atoms. The van der Waals surface area contributed by atoms with Crippen LogP contribution in [0.1, 0.15) is 24.4 Å². The van der Waals surface area contributed by atoms with Crippen LogP contribution in [0.25, 0.3) is 0 Å². The summed E-state index contributed by atoms with van der Waals surface area (Å²) in [4.78, 5) is 0. The van der Waals surface area contributed by atoms with Crippen LogP contribution >= 0.6 is 11.8 Å². The van der Waals surface area contributed by atoms with E-state index in [2.05, 4.69) is 11.6 Å². The molecule has 2 rings (SSSR count).